The van der Waals surface area contributed by atoms with Gasteiger partial charge in [-0.25, -0.2) is 0 Å². The highest BCUT2D eigenvalue weighted by Gasteiger charge is 2.11. The summed E-state index contributed by atoms with van der Waals surface area (Å²) in [6.45, 7) is 9.46. The maximum Gasteiger partial charge on any atom is 0.111 e. The molecule has 1 rings (SSSR count). The van der Waals surface area contributed by atoms with Gasteiger partial charge < -0.3 is 5.21 Å². The molecule has 0 saturated carbocycles. The standard InChI is InChI=1S/C12H15BrN2OS/c1-3-5-15(6-4-2)8-11(14-16)12-7-10(13)9-17-12/h3-4,7,9,16H,1-2,5-6,8H2. The summed E-state index contributed by atoms with van der Waals surface area (Å²) in [4.78, 5) is 3.04. The molecule has 0 atom stereocenters. The molecule has 0 aliphatic carbocycles. The van der Waals surface area contributed by atoms with E-state index in [-0.39, 0.29) is 0 Å². The molecule has 0 spiro atoms. The zero-order valence-corrected chi connectivity index (χ0v) is 11.9. The van der Waals surface area contributed by atoms with E-state index in [2.05, 4.69) is 39.1 Å². The highest BCUT2D eigenvalue weighted by molar-refractivity contribution is 9.10. The molecule has 17 heavy (non-hydrogen) atoms. The smallest absolute Gasteiger partial charge is 0.111 e. The Morgan fingerprint density at radius 3 is 2.53 bits per heavy atom. The van der Waals surface area contributed by atoms with Crippen molar-refractivity contribution in [1.82, 2.24) is 4.90 Å². The van der Waals surface area contributed by atoms with E-state index in [0.717, 1.165) is 22.4 Å². The molecule has 1 heterocycles. The van der Waals surface area contributed by atoms with Crippen LogP contribution in [0.5, 0.6) is 0 Å². The zero-order chi connectivity index (χ0) is 12.7. The molecule has 0 aliphatic heterocycles. The van der Waals surface area contributed by atoms with Crippen LogP contribution in [0.25, 0.3) is 0 Å². The molecule has 92 valence electrons. The van der Waals surface area contributed by atoms with E-state index in [4.69, 9.17) is 5.21 Å². The number of halogens is 1. The molecule has 0 fully saturated rings. The Morgan fingerprint density at radius 1 is 1.47 bits per heavy atom. The van der Waals surface area contributed by atoms with Gasteiger partial charge in [0, 0.05) is 29.5 Å². The van der Waals surface area contributed by atoms with Gasteiger partial charge in [-0.2, -0.15) is 0 Å². The predicted molar refractivity (Wildman–Crippen MR) is 77.2 cm³/mol. The van der Waals surface area contributed by atoms with Crippen LogP contribution < -0.4 is 0 Å². The Kier molecular flexibility index (Phi) is 6.18. The van der Waals surface area contributed by atoms with Crippen LogP contribution in [0.4, 0.5) is 0 Å². The third kappa shape index (κ3) is 4.46. The maximum atomic E-state index is 9.08. The average Bonchev–Trinajstić information content (AvgIpc) is 2.73. The second-order valence-corrected chi connectivity index (χ2v) is 5.27. The van der Waals surface area contributed by atoms with Gasteiger partial charge in [-0.15, -0.1) is 24.5 Å². The fraction of sp³-hybridized carbons (Fsp3) is 0.250. The van der Waals surface area contributed by atoms with Gasteiger partial charge in [0.15, 0.2) is 0 Å². The SMILES string of the molecule is C=CCN(CC=C)CC(=NO)c1cc(Br)cs1. The van der Waals surface area contributed by atoms with Crippen LogP contribution in [-0.2, 0) is 0 Å². The number of rotatable bonds is 7. The fourth-order valence-corrected chi connectivity index (χ4v) is 2.81. The normalized spacial score (nSPS) is 11.8. The lowest BCUT2D eigenvalue weighted by molar-refractivity contribution is 0.311. The first-order chi connectivity index (χ1) is 8.21. The molecule has 0 bridgehead atoms. The Hall–Kier alpha value is -0.910. The van der Waals surface area contributed by atoms with Crippen molar-refractivity contribution in [3.8, 4) is 0 Å². The van der Waals surface area contributed by atoms with Crippen molar-refractivity contribution in [2.45, 2.75) is 0 Å². The molecule has 0 saturated heterocycles. The van der Waals surface area contributed by atoms with E-state index in [1.54, 1.807) is 11.3 Å². The number of oxime groups is 1. The van der Waals surface area contributed by atoms with E-state index in [1.165, 1.54) is 0 Å². The first kappa shape index (κ1) is 14.2. The summed E-state index contributed by atoms with van der Waals surface area (Å²) in [5.41, 5.74) is 0.657. The van der Waals surface area contributed by atoms with Crippen molar-refractivity contribution >= 4 is 33.0 Å². The van der Waals surface area contributed by atoms with E-state index < -0.39 is 0 Å². The lowest BCUT2D eigenvalue weighted by Gasteiger charge is -2.18. The summed E-state index contributed by atoms with van der Waals surface area (Å²) in [5.74, 6) is 0. The Morgan fingerprint density at radius 2 is 2.12 bits per heavy atom. The molecule has 0 unspecified atom stereocenters. The Balaban J connectivity index is 2.74. The maximum absolute atomic E-state index is 9.08. The first-order valence-electron chi connectivity index (χ1n) is 5.10. The molecule has 1 aromatic rings. The van der Waals surface area contributed by atoms with Crippen molar-refractivity contribution in [2.75, 3.05) is 19.6 Å². The number of nitrogens with zero attached hydrogens (tertiary/aromatic N) is 2. The Labute approximate surface area is 114 Å². The molecule has 0 amide bonds. The minimum atomic E-state index is 0.571. The fourth-order valence-electron chi connectivity index (χ4n) is 1.40. The van der Waals surface area contributed by atoms with E-state index >= 15 is 0 Å². The predicted octanol–water partition coefficient (Wildman–Crippen LogP) is 3.36. The average molecular weight is 315 g/mol. The second kappa shape index (κ2) is 7.42. The largest absolute Gasteiger partial charge is 0.411 e. The minimum absolute atomic E-state index is 0.571. The Bertz CT molecular complexity index is 404. The quantitative estimate of drug-likeness (QED) is 0.362. The van der Waals surface area contributed by atoms with Gasteiger partial charge >= 0.3 is 0 Å². The lowest BCUT2D eigenvalue weighted by Crippen LogP contribution is -2.30. The number of thiophene rings is 1. The third-order valence-electron chi connectivity index (χ3n) is 2.12. The summed E-state index contributed by atoms with van der Waals surface area (Å²) in [6, 6.07) is 1.94. The first-order valence-corrected chi connectivity index (χ1v) is 6.78. The van der Waals surface area contributed by atoms with E-state index in [1.807, 2.05) is 23.6 Å². The van der Waals surface area contributed by atoms with Crippen LogP contribution in [0, 0.1) is 0 Å². The summed E-state index contributed by atoms with van der Waals surface area (Å²) in [7, 11) is 0. The summed E-state index contributed by atoms with van der Waals surface area (Å²) < 4.78 is 0.998. The molecular weight excluding hydrogens is 300 g/mol. The van der Waals surface area contributed by atoms with Gasteiger partial charge in [0.05, 0.1) is 4.88 Å². The van der Waals surface area contributed by atoms with Crippen LogP contribution in [0.2, 0.25) is 0 Å². The molecule has 5 heteroatoms. The summed E-state index contributed by atoms with van der Waals surface area (Å²) in [5, 5.41) is 14.4. The topological polar surface area (TPSA) is 35.8 Å². The van der Waals surface area contributed by atoms with Crippen molar-refractivity contribution in [3.05, 3.63) is 46.1 Å². The van der Waals surface area contributed by atoms with Crippen LogP contribution in [-0.4, -0.2) is 35.5 Å². The van der Waals surface area contributed by atoms with Gasteiger partial charge in [0.1, 0.15) is 5.71 Å². The van der Waals surface area contributed by atoms with Gasteiger partial charge in [0.2, 0.25) is 0 Å². The third-order valence-corrected chi connectivity index (χ3v) is 3.86. The van der Waals surface area contributed by atoms with Crippen LogP contribution in [0.3, 0.4) is 0 Å². The molecule has 0 aliphatic rings. The van der Waals surface area contributed by atoms with Crippen molar-refractivity contribution < 1.29 is 5.21 Å². The summed E-state index contributed by atoms with van der Waals surface area (Å²) >= 11 is 4.93. The molecule has 0 aromatic carbocycles. The monoisotopic (exact) mass is 314 g/mol. The lowest BCUT2D eigenvalue weighted by atomic mass is 10.2. The highest BCUT2D eigenvalue weighted by atomic mass is 79.9. The van der Waals surface area contributed by atoms with Crippen LogP contribution >= 0.6 is 27.3 Å². The van der Waals surface area contributed by atoms with E-state index in [9.17, 15) is 0 Å². The molecule has 3 nitrogen and oxygen atoms in total. The molecule has 1 N–H and O–H groups in total. The second-order valence-electron chi connectivity index (χ2n) is 3.45. The molecular formula is C12H15BrN2OS. The van der Waals surface area contributed by atoms with Gasteiger partial charge in [0.25, 0.3) is 0 Å². The van der Waals surface area contributed by atoms with Gasteiger partial charge in [-0.1, -0.05) is 17.3 Å². The van der Waals surface area contributed by atoms with E-state index in [0.29, 0.717) is 12.3 Å². The van der Waals surface area contributed by atoms with Crippen molar-refractivity contribution in [2.24, 2.45) is 5.16 Å². The van der Waals surface area contributed by atoms with Crippen molar-refractivity contribution in [3.63, 3.8) is 0 Å². The molecule has 0 radical (unpaired) electrons. The molecule has 1 aromatic heterocycles. The number of hydrogen-bond acceptors (Lipinski definition) is 4. The minimum Gasteiger partial charge on any atom is -0.411 e. The van der Waals surface area contributed by atoms with Gasteiger partial charge in [-0.3, -0.25) is 4.90 Å². The van der Waals surface area contributed by atoms with Crippen LogP contribution in [0.1, 0.15) is 4.88 Å². The van der Waals surface area contributed by atoms with Crippen LogP contribution in [0.15, 0.2) is 46.4 Å². The highest BCUT2D eigenvalue weighted by Crippen LogP contribution is 2.20. The van der Waals surface area contributed by atoms with Gasteiger partial charge in [-0.05, 0) is 22.0 Å². The summed E-state index contributed by atoms with van der Waals surface area (Å²) in [6.07, 6.45) is 3.64. The zero-order valence-electron chi connectivity index (χ0n) is 9.47. The van der Waals surface area contributed by atoms with Crippen molar-refractivity contribution in [1.29, 1.82) is 0 Å². The number of hydrogen-bond donors (Lipinski definition) is 1.